The van der Waals surface area contributed by atoms with Crippen molar-refractivity contribution < 1.29 is 4.79 Å². The largest absolute Gasteiger partial charge is 0.316 e. The molecule has 1 aliphatic heterocycles. The van der Waals surface area contributed by atoms with E-state index in [9.17, 15) is 4.79 Å². The monoisotopic (exact) mass is 396 g/mol. The second kappa shape index (κ2) is 7.50. The van der Waals surface area contributed by atoms with Gasteiger partial charge in [-0.15, -0.1) is 0 Å². The highest BCUT2D eigenvalue weighted by atomic mass is 16.1. The van der Waals surface area contributed by atoms with Crippen molar-refractivity contribution in [1.29, 1.82) is 0 Å². The average molecular weight is 396 g/mol. The fraction of sp³-hybridized carbons (Fsp3) is 0.240. The first kappa shape index (κ1) is 18.7. The third-order valence-electron chi connectivity index (χ3n) is 5.88. The van der Waals surface area contributed by atoms with E-state index in [0.29, 0.717) is 11.7 Å². The maximum absolute atomic E-state index is 12.6. The van der Waals surface area contributed by atoms with Crippen molar-refractivity contribution in [3.63, 3.8) is 0 Å². The van der Waals surface area contributed by atoms with Crippen LogP contribution < -0.4 is 5.32 Å². The van der Waals surface area contributed by atoms with Gasteiger partial charge in [-0.1, -0.05) is 54.6 Å². The van der Waals surface area contributed by atoms with Gasteiger partial charge in [0.05, 0.1) is 11.2 Å². The lowest BCUT2D eigenvalue weighted by Crippen LogP contribution is -2.11. The number of nitrogens with zero attached hydrogens (tertiary/aromatic N) is 3. The Labute approximate surface area is 175 Å². The topological polar surface area (TPSA) is 59.8 Å². The highest BCUT2D eigenvalue weighted by Gasteiger charge is 2.23. The molecule has 1 atom stereocenters. The zero-order valence-electron chi connectivity index (χ0n) is 17.2. The number of imidazole rings is 1. The molecular formula is C25H24N4O. The summed E-state index contributed by atoms with van der Waals surface area (Å²) >= 11 is 0. The van der Waals surface area contributed by atoms with Crippen LogP contribution in [0.25, 0.3) is 33.5 Å². The molecular weight excluding hydrogens is 372 g/mol. The Morgan fingerprint density at radius 1 is 1.00 bits per heavy atom. The molecule has 1 aliphatic rings. The van der Waals surface area contributed by atoms with Gasteiger partial charge in [0.2, 0.25) is 5.91 Å². The standard InChI is InChI=1S/C25H24N4O/c1-16-24-23(14-22(27-16)21-12-13-26-15-21)29(17(2)30)25(28-24)20-10-8-19(9-11-20)18-6-4-3-5-7-18/h3-11,14,21,26H,12-13,15H2,1-2H3. The van der Waals surface area contributed by atoms with Gasteiger partial charge in [0, 0.05) is 30.6 Å². The maximum atomic E-state index is 12.6. The molecule has 5 heteroatoms. The Bertz CT molecular complexity index is 1220. The number of aromatic nitrogens is 3. The van der Waals surface area contributed by atoms with Gasteiger partial charge in [0.25, 0.3) is 0 Å². The van der Waals surface area contributed by atoms with Gasteiger partial charge in [-0.3, -0.25) is 14.3 Å². The SMILES string of the molecule is CC(=O)n1c(-c2ccc(-c3ccccc3)cc2)nc2c(C)nc(C3CCNC3)cc21. The molecule has 1 saturated heterocycles. The summed E-state index contributed by atoms with van der Waals surface area (Å²) in [5.41, 5.74) is 6.78. The number of aryl methyl sites for hydroxylation is 1. The highest BCUT2D eigenvalue weighted by molar-refractivity contribution is 5.95. The van der Waals surface area contributed by atoms with Crippen molar-refractivity contribution >= 4 is 16.9 Å². The first-order chi connectivity index (χ1) is 14.6. The van der Waals surface area contributed by atoms with E-state index >= 15 is 0 Å². The smallest absolute Gasteiger partial charge is 0.229 e. The van der Waals surface area contributed by atoms with Gasteiger partial charge in [-0.25, -0.2) is 4.98 Å². The molecule has 1 fully saturated rings. The van der Waals surface area contributed by atoms with Crippen LogP contribution in [0.15, 0.2) is 60.7 Å². The van der Waals surface area contributed by atoms with Crippen LogP contribution in [0.2, 0.25) is 0 Å². The summed E-state index contributed by atoms with van der Waals surface area (Å²) in [5.74, 6) is 1.02. The molecule has 5 rings (SSSR count). The molecule has 0 bridgehead atoms. The lowest BCUT2D eigenvalue weighted by Gasteiger charge is -2.10. The third-order valence-corrected chi connectivity index (χ3v) is 5.88. The van der Waals surface area contributed by atoms with Crippen molar-refractivity contribution in [1.82, 2.24) is 19.9 Å². The molecule has 2 aromatic heterocycles. The summed E-state index contributed by atoms with van der Waals surface area (Å²) in [5, 5.41) is 3.40. The van der Waals surface area contributed by atoms with E-state index in [4.69, 9.17) is 9.97 Å². The molecule has 3 heterocycles. The number of hydrogen-bond donors (Lipinski definition) is 1. The van der Waals surface area contributed by atoms with Crippen LogP contribution in [0, 0.1) is 6.92 Å². The van der Waals surface area contributed by atoms with E-state index in [-0.39, 0.29) is 5.91 Å². The molecule has 0 aliphatic carbocycles. The Hall–Kier alpha value is -3.31. The van der Waals surface area contributed by atoms with Gasteiger partial charge < -0.3 is 5.32 Å². The lowest BCUT2D eigenvalue weighted by molar-refractivity contribution is 0.0943. The van der Waals surface area contributed by atoms with Gasteiger partial charge in [-0.05, 0) is 37.1 Å². The van der Waals surface area contributed by atoms with Crippen molar-refractivity contribution in [2.45, 2.75) is 26.2 Å². The maximum Gasteiger partial charge on any atom is 0.229 e. The van der Waals surface area contributed by atoms with Crippen molar-refractivity contribution in [2.24, 2.45) is 0 Å². The number of rotatable bonds is 3. The molecule has 0 radical (unpaired) electrons. The Kier molecular flexibility index (Phi) is 4.68. The van der Waals surface area contributed by atoms with Gasteiger partial charge in [-0.2, -0.15) is 0 Å². The van der Waals surface area contributed by atoms with E-state index < -0.39 is 0 Å². The molecule has 0 spiro atoms. The summed E-state index contributed by atoms with van der Waals surface area (Å²) < 4.78 is 1.73. The highest BCUT2D eigenvalue weighted by Crippen LogP contribution is 2.31. The third kappa shape index (κ3) is 3.21. The second-order valence-corrected chi connectivity index (χ2v) is 7.92. The van der Waals surface area contributed by atoms with Crippen LogP contribution >= 0.6 is 0 Å². The number of carbonyl (C=O) groups excluding carboxylic acids is 1. The minimum Gasteiger partial charge on any atom is -0.316 e. The number of carbonyl (C=O) groups is 1. The first-order valence-corrected chi connectivity index (χ1v) is 10.4. The van der Waals surface area contributed by atoms with Crippen LogP contribution in [0.1, 0.15) is 35.4 Å². The minimum atomic E-state index is -0.0410. The first-order valence-electron chi connectivity index (χ1n) is 10.4. The average Bonchev–Trinajstić information content (AvgIpc) is 3.43. The molecule has 2 aromatic carbocycles. The van der Waals surface area contributed by atoms with E-state index in [2.05, 4.69) is 35.6 Å². The molecule has 1 unspecified atom stereocenters. The molecule has 150 valence electrons. The predicted octanol–water partition coefficient (Wildman–Crippen LogP) is 4.81. The molecule has 4 aromatic rings. The van der Waals surface area contributed by atoms with Crippen LogP contribution in [-0.4, -0.2) is 33.5 Å². The van der Waals surface area contributed by atoms with E-state index in [1.807, 2.05) is 37.3 Å². The fourth-order valence-electron chi connectivity index (χ4n) is 4.32. The van der Waals surface area contributed by atoms with E-state index in [1.165, 1.54) is 5.56 Å². The molecule has 1 N–H and O–H groups in total. The Morgan fingerprint density at radius 3 is 2.37 bits per heavy atom. The molecule has 30 heavy (non-hydrogen) atoms. The number of hydrogen-bond acceptors (Lipinski definition) is 4. The zero-order valence-corrected chi connectivity index (χ0v) is 17.2. The number of benzene rings is 2. The van der Waals surface area contributed by atoms with Gasteiger partial charge >= 0.3 is 0 Å². The normalized spacial score (nSPS) is 16.3. The quantitative estimate of drug-likeness (QED) is 0.540. The minimum absolute atomic E-state index is 0.0410. The Morgan fingerprint density at radius 2 is 1.70 bits per heavy atom. The number of nitrogens with one attached hydrogen (secondary N) is 1. The fourth-order valence-corrected chi connectivity index (χ4v) is 4.32. The van der Waals surface area contributed by atoms with Crippen LogP contribution in [-0.2, 0) is 0 Å². The summed E-state index contributed by atoms with van der Waals surface area (Å²) in [7, 11) is 0. The molecule has 5 nitrogen and oxygen atoms in total. The van der Waals surface area contributed by atoms with E-state index in [0.717, 1.165) is 53.1 Å². The summed E-state index contributed by atoms with van der Waals surface area (Å²) in [4.78, 5) is 22.3. The molecule has 0 saturated carbocycles. The summed E-state index contributed by atoms with van der Waals surface area (Å²) in [6.45, 7) is 5.51. The van der Waals surface area contributed by atoms with Gasteiger partial charge in [0.15, 0.2) is 0 Å². The van der Waals surface area contributed by atoms with Crippen molar-refractivity contribution in [3.05, 3.63) is 72.1 Å². The summed E-state index contributed by atoms with van der Waals surface area (Å²) in [6.07, 6.45) is 1.07. The van der Waals surface area contributed by atoms with Crippen molar-refractivity contribution in [3.8, 4) is 22.5 Å². The van der Waals surface area contributed by atoms with Crippen LogP contribution in [0.4, 0.5) is 0 Å². The van der Waals surface area contributed by atoms with Crippen molar-refractivity contribution in [2.75, 3.05) is 13.1 Å². The Balaban J connectivity index is 1.63. The number of fused-ring (bicyclic) bond motifs is 1. The van der Waals surface area contributed by atoms with Crippen LogP contribution in [0.5, 0.6) is 0 Å². The van der Waals surface area contributed by atoms with Gasteiger partial charge in [0.1, 0.15) is 11.3 Å². The predicted molar refractivity (Wildman–Crippen MR) is 120 cm³/mol. The second-order valence-electron chi connectivity index (χ2n) is 7.92. The molecule has 0 amide bonds. The van der Waals surface area contributed by atoms with E-state index in [1.54, 1.807) is 11.5 Å². The zero-order chi connectivity index (χ0) is 20.7. The lowest BCUT2D eigenvalue weighted by atomic mass is 10.0. The number of pyridine rings is 1. The summed E-state index contributed by atoms with van der Waals surface area (Å²) in [6, 6.07) is 20.5. The van der Waals surface area contributed by atoms with Crippen LogP contribution in [0.3, 0.4) is 0 Å².